The van der Waals surface area contributed by atoms with E-state index in [-0.39, 0.29) is 11.4 Å². The minimum atomic E-state index is -0.519. The molecule has 0 aromatic heterocycles. The molecule has 0 aliphatic carbocycles. The lowest BCUT2D eigenvalue weighted by Gasteiger charge is -2.36. The van der Waals surface area contributed by atoms with E-state index in [1.807, 2.05) is 18.2 Å². The zero-order valence-corrected chi connectivity index (χ0v) is 16.1. The van der Waals surface area contributed by atoms with Gasteiger partial charge in [0.1, 0.15) is 5.69 Å². The Balaban J connectivity index is 1.40. The molecule has 1 heterocycles. The first-order chi connectivity index (χ1) is 13.5. The SMILES string of the molecule is O=C(NCCN1CCN(c2cccc(Cl)c2)CC1)Nc1ccccc1[N+](=O)[O-]. The van der Waals surface area contributed by atoms with Crippen molar-refractivity contribution in [2.24, 2.45) is 0 Å². The van der Waals surface area contributed by atoms with E-state index >= 15 is 0 Å². The lowest BCUT2D eigenvalue weighted by molar-refractivity contribution is -0.383. The van der Waals surface area contributed by atoms with E-state index < -0.39 is 11.0 Å². The first kappa shape index (κ1) is 19.9. The highest BCUT2D eigenvalue weighted by molar-refractivity contribution is 6.30. The predicted molar refractivity (Wildman–Crippen MR) is 110 cm³/mol. The van der Waals surface area contributed by atoms with Crippen LogP contribution in [0.1, 0.15) is 0 Å². The summed E-state index contributed by atoms with van der Waals surface area (Å²) in [4.78, 5) is 27.0. The van der Waals surface area contributed by atoms with Gasteiger partial charge in [0.2, 0.25) is 0 Å². The Kier molecular flexibility index (Phi) is 6.67. The number of nitrogens with one attached hydrogen (secondary N) is 2. The molecule has 2 N–H and O–H groups in total. The standard InChI is InChI=1S/C19H22ClN5O3/c20-15-4-3-5-16(14-15)24-12-10-23(11-13-24)9-8-21-19(26)22-17-6-1-2-7-18(17)25(27)28/h1-7,14H,8-13H2,(H2,21,22,26). The quantitative estimate of drug-likeness (QED) is 0.571. The highest BCUT2D eigenvalue weighted by Crippen LogP contribution is 2.23. The smallest absolute Gasteiger partial charge is 0.319 e. The fourth-order valence-electron chi connectivity index (χ4n) is 3.14. The maximum atomic E-state index is 12.0. The topological polar surface area (TPSA) is 90.8 Å². The van der Waals surface area contributed by atoms with E-state index in [1.54, 1.807) is 12.1 Å². The second kappa shape index (κ2) is 9.38. The summed E-state index contributed by atoms with van der Waals surface area (Å²) < 4.78 is 0. The number of para-hydroxylation sites is 2. The summed E-state index contributed by atoms with van der Waals surface area (Å²) in [6.45, 7) is 4.74. The van der Waals surface area contributed by atoms with Crippen molar-refractivity contribution >= 4 is 34.7 Å². The highest BCUT2D eigenvalue weighted by Gasteiger charge is 2.18. The van der Waals surface area contributed by atoms with Crippen molar-refractivity contribution in [2.75, 3.05) is 49.5 Å². The third-order valence-electron chi connectivity index (χ3n) is 4.61. The van der Waals surface area contributed by atoms with Crippen LogP contribution < -0.4 is 15.5 Å². The van der Waals surface area contributed by atoms with Gasteiger partial charge in [0.25, 0.3) is 5.69 Å². The molecule has 1 aliphatic rings. The number of nitro benzene ring substituents is 1. The lowest BCUT2D eigenvalue weighted by Crippen LogP contribution is -2.48. The summed E-state index contributed by atoms with van der Waals surface area (Å²) >= 11 is 6.06. The van der Waals surface area contributed by atoms with Gasteiger partial charge in [-0.15, -0.1) is 0 Å². The van der Waals surface area contributed by atoms with Crippen LogP contribution in [-0.2, 0) is 0 Å². The molecule has 148 valence electrons. The molecule has 2 aromatic rings. The van der Waals surface area contributed by atoms with Crippen molar-refractivity contribution < 1.29 is 9.72 Å². The monoisotopic (exact) mass is 403 g/mol. The summed E-state index contributed by atoms with van der Waals surface area (Å²) in [6, 6.07) is 13.4. The van der Waals surface area contributed by atoms with Crippen LogP contribution in [0, 0.1) is 10.1 Å². The summed E-state index contributed by atoms with van der Waals surface area (Å²) in [7, 11) is 0. The van der Waals surface area contributed by atoms with Gasteiger partial charge < -0.3 is 15.5 Å². The first-order valence-electron chi connectivity index (χ1n) is 9.04. The van der Waals surface area contributed by atoms with Crippen molar-refractivity contribution in [3.63, 3.8) is 0 Å². The number of rotatable bonds is 6. The molecule has 0 radical (unpaired) electrons. The van der Waals surface area contributed by atoms with Gasteiger partial charge in [-0.3, -0.25) is 15.0 Å². The number of benzene rings is 2. The second-order valence-corrected chi connectivity index (χ2v) is 6.90. The molecule has 0 atom stereocenters. The van der Waals surface area contributed by atoms with E-state index in [9.17, 15) is 14.9 Å². The summed E-state index contributed by atoms with van der Waals surface area (Å²) in [6.07, 6.45) is 0. The van der Waals surface area contributed by atoms with Gasteiger partial charge in [-0.05, 0) is 24.3 Å². The molecule has 28 heavy (non-hydrogen) atoms. The molecule has 0 bridgehead atoms. The Bertz CT molecular complexity index is 840. The minimum Gasteiger partial charge on any atom is -0.369 e. The number of amides is 2. The minimum absolute atomic E-state index is 0.130. The Morgan fingerprint density at radius 3 is 2.57 bits per heavy atom. The molecule has 1 saturated heterocycles. The zero-order valence-electron chi connectivity index (χ0n) is 15.3. The molecule has 2 aromatic carbocycles. The van der Waals surface area contributed by atoms with Crippen LogP contribution in [0.3, 0.4) is 0 Å². The number of hydrogen-bond donors (Lipinski definition) is 2. The zero-order chi connectivity index (χ0) is 19.9. The molecule has 0 unspecified atom stereocenters. The van der Waals surface area contributed by atoms with Crippen LogP contribution in [0.5, 0.6) is 0 Å². The maximum Gasteiger partial charge on any atom is 0.319 e. The van der Waals surface area contributed by atoms with Crippen LogP contribution in [-0.4, -0.2) is 55.1 Å². The van der Waals surface area contributed by atoms with Crippen LogP contribution in [0.25, 0.3) is 0 Å². The Morgan fingerprint density at radius 1 is 1.11 bits per heavy atom. The summed E-state index contributed by atoms with van der Waals surface area (Å²) in [5, 5.41) is 17.0. The lowest BCUT2D eigenvalue weighted by atomic mass is 10.2. The number of piperazine rings is 1. The average molecular weight is 404 g/mol. The molecule has 8 nitrogen and oxygen atoms in total. The summed E-state index contributed by atoms with van der Waals surface area (Å²) in [5.41, 5.74) is 1.17. The van der Waals surface area contributed by atoms with Gasteiger partial charge in [-0.25, -0.2) is 4.79 Å². The van der Waals surface area contributed by atoms with Crippen molar-refractivity contribution in [2.45, 2.75) is 0 Å². The van der Waals surface area contributed by atoms with Crippen molar-refractivity contribution in [3.8, 4) is 0 Å². The van der Waals surface area contributed by atoms with E-state index in [1.165, 1.54) is 12.1 Å². The molecule has 9 heteroatoms. The molecule has 1 aliphatic heterocycles. The van der Waals surface area contributed by atoms with Crippen molar-refractivity contribution in [3.05, 3.63) is 63.7 Å². The largest absolute Gasteiger partial charge is 0.369 e. The third kappa shape index (κ3) is 5.34. The van der Waals surface area contributed by atoms with Crippen LogP contribution >= 0.6 is 11.6 Å². The van der Waals surface area contributed by atoms with Crippen molar-refractivity contribution in [1.82, 2.24) is 10.2 Å². The van der Waals surface area contributed by atoms with E-state index in [0.29, 0.717) is 13.1 Å². The fraction of sp³-hybridized carbons (Fsp3) is 0.316. The number of nitro groups is 1. The fourth-order valence-corrected chi connectivity index (χ4v) is 3.32. The van der Waals surface area contributed by atoms with E-state index in [0.717, 1.165) is 36.9 Å². The molecule has 0 spiro atoms. The number of hydrogen-bond acceptors (Lipinski definition) is 5. The van der Waals surface area contributed by atoms with Gasteiger partial charge >= 0.3 is 6.03 Å². The average Bonchev–Trinajstić information content (AvgIpc) is 2.69. The van der Waals surface area contributed by atoms with Gasteiger partial charge in [0.05, 0.1) is 4.92 Å². The van der Waals surface area contributed by atoms with Crippen LogP contribution in [0.4, 0.5) is 21.9 Å². The van der Waals surface area contributed by atoms with Gasteiger partial charge in [0, 0.05) is 56.0 Å². The molecular weight excluding hydrogens is 382 g/mol. The van der Waals surface area contributed by atoms with Gasteiger partial charge in [-0.1, -0.05) is 29.8 Å². The van der Waals surface area contributed by atoms with Crippen molar-refractivity contribution in [1.29, 1.82) is 0 Å². The van der Waals surface area contributed by atoms with E-state index in [2.05, 4.69) is 26.5 Å². The van der Waals surface area contributed by atoms with Crippen LogP contribution in [0.2, 0.25) is 5.02 Å². The number of urea groups is 1. The number of anilines is 2. The summed E-state index contributed by atoms with van der Waals surface area (Å²) in [5.74, 6) is 0. The third-order valence-corrected chi connectivity index (χ3v) is 4.84. The molecule has 3 rings (SSSR count). The Morgan fingerprint density at radius 2 is 1.86 bits per heavy atom. The number of carbonyl (C=O) groups excluding carboxylic acids is 1. The molecule has 0 saturated carbocycles. The first-order valence-corrected chi connectivity index (χ1v) is 9.42. The van der Waals surface area contributed by atoms with Gasteiger partial charge in [-0.2, -0.15) is 0 Å². The normalized spacial score (nSPS) is 14.5. The second-order valence-electron chi connectivity index (χ2n) is 6.46. The number of nitrogens with zero attached hydrogens (tertiary/aromatic N) is 3. The Hall–Kier alpha value is -2.84. The Labute approximate surface area is 168 Å². The van der Waals surface area contributed by atoms with Gasteiger partial charge in [0.15, 0.2) is 0 Å². The van der Waals surface area contributed by atoms with Crippen LogP contribution in [0.15, 0.2) is 48.5 Å². The molecule has 1 fully saturated rings. The predicted octanol–water partition coefficient (Wildman–Crippen LogP) is 3.19. The number of carbonyl (C=O) groups is 1. The molecular formula is C19H22ClN5O3. The maximum absolute atomic E-state index is 12.0. The molecule has 2 amide bonds. The highest BCUT2D eigenvalue weighted by atomic mass is 35.5. The van der Waals surface area contributed by atoms with E-state index in [4.69, 9.17) is 11.6 Å². The number of halogens is 1.